The van der Waals surface area contributed by atoms with Gasteiger partial charge in [-0.25, -0.2) is 0 Å². The van der Waals surface area contributed by atoms with Gasteiger partial charge in [0.2, 0.25) is 5.91 Å². The molecule has 0 aliphatic rings. The first kappa shape index (κ1) is 23.0. The quantitative estimate of drug-likeness (QED) is 0.173. The number of nitrogens with zero attached hydrogens (tertiary/aromatic N) is 1. The van der Waals surface area contributed by atoms with E-state index >= 15 is 0 Å². The fourth-order valence-electron chi connectivity index (χ4n) is 1.82. The summed E-state index contributed by atoms with van der Waals surface area (Å²) in [6.07, 6.45) is 1.39. The lowest BCUT2D eigenvalue weighted by Crippen LogP contribution is -2.41. The Hall–Kier alpha value is -0.960. The predicted octanol–water partition coefficient (Wildman–Crippen LogP) is 2.87. The first-order valence-corrected chi connectivity index (χ1v) is 9.06. The lowest BCUT2D eigenvalue weighted by molar-refractivity contribution is -0.121. The van der Waals surface area contributed by atoms with Crippen molar-refractivity contribution in [3.8, 4) is 0 Å². The van der Waals surface area contributed by atoms with Crippen LogP contribution in [0.1, 0.15) is 26.7 Å². The van der Waals surface area contributed by atoms with E-state index in [9.17, 15) is 4.79 Å². The van der Waals surface area contributed by atoms with Crippen LogP contribution in [0.15, 0.2) is 40.2 Å². The van der Waals surface area contributed by atoms with Gasteiger partial charge in [0.15, 0.2) is 5.96 Å². The third-order valence-electron chi connectivity index (χ3n) is 3.29. The maximum Gasteiger partial charge on any atom is 0.221 e. The Morgan fingerprint density at radius 1 is 1.21 bits per heavy atom. The van der Waals surface area contributed by atoms with Gasteiger partial charge >= 0.3 is 0 Å². The molecule has 136 valence electrons. The van der Waals surface area contributed by atoms with Crippen LogP contribution < -0.4 is 16.0 Å². The number of aliphatic imine (C=N–C) groups is 1. The normalized spacial score (nSPS) is 12.0. The SMILES string of the molecule is CCC(C)NC(=O)CCNC(=NC)NCCSc1ccccc1.I. The third-order valence-corrected chi connectivity index (χ3v) is 4.31. The van der Waals surface area contributed by atoms with Gasteiger partial charge in [-0.05, 0) is 25.5 Å². The highest BCUT2D eigenvalue weighted by Gasteiger charge is 2.05. The van der Waals surface area contributed by atoms with Gasteiger partial charge in [0.1, 0.15) is 0 Å². The predicted molar refractivity (Wildman–Crippen MR) is 114 cm³/mol. The minimum atomic E-state index is 0. The molecule has 1 aromatic carbocycles. The van der Waals surface area contributed by atoms with Gasteiger partial charge in [-0.3, -0.25) is 9.79 Å². The van der Waals surface area contributed by atoms with E-state index in [4.69, 9.17) is 0 Å². The lowest BCUT2D eigenvalue weighted by atomic mass is 10.2. The minimum absolute atomic E-state index is 0. The van der Waals surface area contributed by atoms with Crippen LogP contribution in [-0.2, 0) is 4.79 Å². The molecule has 5 nitrogen and oxygen atoms in total. The first-order chi connectivity index (χ1) is 11.2. The number of guanidine groups is 1. The number of hydrogen-bond donors (Lipinski definition) is 3. The van der Waals surface area contributed by atoms with E-state index in [1.807, 2.05) is 25.1 Å². The van der Waals surface area contributed by atoms with E-state index in [0.717, 1.165) is 24.7 Å². The number of halogens is 1. The van der Waals surface area contributed by atoms with Crippen LogP contribution in [0, 0.1) is 0 Å². The molecule has 0 aliphatic heterocycles. The van der Waals surface area contributed by atoms with Crippen LogP contribution in [0.25, 0.3) is 0 Å². The molecule has 0 fully saturated rings. The first-order valence-electron chi connectivity index (χ1n) is 8.07. The molecular formula is C17H29IN4OS. The fraction of sp³-hybridized carbons (Fsp3) is 0.529. The second-order valence-corrected chi connectivity index (χ2v) is 6.38. The molecule has 7 heteroatoms. The van der Waals surface area contributed by atoms with E-state index in [2.05, 4.69) is 40.0 Å². The number of nitrogens with one attached hydrogen (secondary N) is 3. The summed E-state index contributed by atoms with van der Waals surface area (Å²) in [5.74, 6) is 1.76. The van der Waals surface area contributed by atoms with Crippen molar-refractivity contribution in [1.29, 1.82) is 0 Å². The van der Waals surface area contributed by atoms with Gasteiger partial charge in [-0.15, -0.1) is 35.7 Å². The average molecular weight is 464 g/mol. The maximum atomic E-state index is 11.7. The summed E-state index contributed by atoms with van der Waals surface area (Å²) < 4.78 is 0. The summed E-state index contributed by atoms with van der Waals surface area (Å²) in [5, 5.41) is 9.36. The summed E-state index contributed by atoms with van der Waals surface area (Å²) in [7, 11) is 1.74. The number of carbonyl (C=O) groups excluding carboxylic acids is 1. The topological polar surface area (TPSA) is 65.5 Å². The van der Waals surface area contributed by atoms with E-state index in [1.165, 1.54) is 4.90 Å². The summed E-state index contributed by atoms with van der Waals surface area (Å²) >= 11 is 1.80. The number of thioether (sulfide) groups is 1. The van der Waals surface area contributed by atoms with Crippen molar-refractivity contribution in [1.82, 2.24) is 16.0 Å². The molecule has 0 aliphatic carbocycles. The average Bonchev–Trinajstić information content (AvgIpc) is 2.57. The summed E-state index contributed by atoms with van der Waals surface area (Å²) in [4.78, 5) is 17.1. The number of hydrogen-bond acceptors (Lipinski definition) is 3. The zero-order valence-electron chi connectivity index (χ0n) is 14.7. The zero-order chi connectivity index (χ0) is 16.9. The molecule has 0 saturated heterocycles. The van der Waals surface area contributed by atoms with Gasteiger partial charge in [0, 0.05) is 43.2 Å². The van der Waals surface area contributed by atoms with Crippen LogP contribution >= 0.6 is 35.7 Å². The number of carbonyl (C=O) groups is 1. The van der Waals surface area contributed by atoms with E-state index < -0.39 is 0 Å². The van der Waals surface area contributed by atoms with Gasteiger partial charge < -0.3 is 16.0 Å². The monoisotopic (exact) mass is 464 g/mol. The van der Waals surface area contributed by atoms with Crippen molar-refractivity contribution in [2.45, 2.75) is 37.6 Å². The summed E-state index contributed by atoms with van der Waals surface area (Å²) in [5.41, 5.74) is 0. The highest BCUT2D eigenvalue weighted by Crippen LogP contribution is 2.15. The van der Waals surface area contributed by atoms with E-state index in [1.54, 1.807) is 18.8 Å². The Balaban J connectivity index is 0.00000529. The van der Waals surface area contributed by atoms with Crippen molar-refractivity contribution in [2.75, 3.05) is 25.9 Å². The zero-order valence-corrected chi connectivity index (χ0v) is 17.8. The Morgan fingerprint density at radius 3 is 2.50 bits per heavy atom. The van der Waals surface area contributed by atoms with Crippen LogP contribution in [0.5, 0.6) is 0 Å². The van der Waals surface area contributed by atoms with Crippen LogP contribution in [0.3, 0.4) is 0 Å². The highest BCUT2D eigenvalue weighted by molar-refractivity contribution is 14.0. The fourth-order valence-corrected chi connectivity index (χ4v) is 2.61. The third kappa shape index (κ3) is 10.7. The smallest absolute Gasteiger partial charge is 0.221 e. The Morgan fingerprint density at radius 2 is 1.88 bits per heavy atom. The molecular weight excluding hydrogens is 435 g/mol. The van der Waals surface area contributed by atoms with Gasteiger partial charge in [-0.1, -0.05) is 25.1 Å². The largest absolute Gasteiger partial charge is 0.356 e. The summed E-state index contributed by atoms with van der Waals surface area (Å²) in [6, 6.07) is 10.5. The summed E-state index contributed by atoms with van der Waals surface area (Å²) in [6.45, 7) is 5.46. The van der Waals surface area contributed by atoms with Gasteiger partial charge in [0.25, 0.3) is 0 Å². The van der Waals surface area contributed by atoms with Crippen molar-refractivity contribution < 1.29 is 4.79 Å². The molecule has 0 heterocycles. The lowest BCUT2D eigenvalue weighted by Gasteiger charge is -2.13. The molecule has 0 spiro atoms. The highest BCUT2D eigenvalue weighted by atomic mass is 127. The Bertz CT molecular complexity index is 485. The van der Waals surface area contributed by atoms with Crippen LogP contribution in [0.4, 0.5) is 0 Å². The van der Waals surface area contributed by atoms with Crippen LogP contribution in [-0.4, -0.2) is 43.8 Å². The standard InChI is InChI=1S/C17H28N4OS.HI/c1-4-14(2)21-16(22)10-11-19-17(18-3)20-12-13-23-15-8-6-5-7-9-15;/h5-9,14H,4,10-13H2,1-3H3,(H,21,22)(H2,18,19,20);1H. The van der Waals surface area contributed by atoms with Crippen molar-refractivity contribution >= 4 is 47.6 Å². The molecule has 3 N–H and O–H groups in total. The molecule has 1 atom stereocenters. The molecule has 1 rings (SSSR count). The Kier molecular flexibility index (Phi) is 13.8. The molecule has 1 aromatic rings. The van der Waals surface area contributed by atoms with Gasteiger partial charge in [0.05, 0.1) is 0 Å². The number of benzene rings is 1. The Labute approximate surface area is 166 Å². The number of rotatable bonds is 9. The molecule has 0 aromatic heterocycles. The van der Waals surface area contributed by atoms with Crippen molar-refractivity contribution in [3.63, 3.8) is 0 Å². The molecule has 1 amide bonds. The van der Waals surface area contributed by atoms with Crippen molar-refractivity contribution in [2.24, 2.45) is 4.99 Å². The molecule has 0 radical (unpaired) electrons. The molecule has 0 bridgehead atoms. The number of amides is 1. The van der Waals surface area contributed by atoms with Crippen LogP contribution in [0.2, 0.25) is 0 Å². The van der Waals surface area contributed by atoms with E-state index in [-0.39, 0.29) is 35.9 Å². The molecule has 1 unspecified atom stereocenters. The minimum Gasteiger partial charge on any atom is -0.356 e. The second-order valence-electron chi connectivity index (χ2n) is 5.21. The van der Waals surface area contributed by atoms with E-state index in [0.29, 0.717) is 13.0 Å². The van der Waals surface area contributed by atoms with Gasteiger partial charge in [-0.2, -0.15) is 0 Å². The maximum absolute atomic E-state index is 11.7. The molecule has 24 heavy (non-hydrogen) atoms. The van der Waals surface area contributed by atoms with Crippen molar-refractivity contribution in [3.05, 3.63) is 30.3 Å². The second kappa shape index (κ2) is 14.4. The molecule has 0 saturated carbocycles.